The molecule has 0 aliphatic heterocycles. The maximum Gasteiger partial charge on any atom is 0.147 e. The van der Waals surface area contributed by atoms with Crippen molar-refractivity contribution in [2.45, 2.75) is 38.9 Å². The first kappa shape index (κ1) is 16.0. The molecule has 6 heteroatoms. The first-order valence-electron chi connectivity index (χ1n) is 8.08. The molecule has 0 saturated heterocycles. The Labute approximate surface area is 136 Å². The number of aromatic nitrogens is 3. The van der Waals surface area contributed by atoms with Crippen LogP contribution in [-0.2, 0) is 13.1 Å². The van der Waals surface area contributed by atoms with Gasteiger partial charge >= 0.3 is 0 Å². The van der Waals surface area contributed by atoms with E-state index in [0.29, 0.717) is 25.7 Å². The van der Waals surface area contributed by atoms with Gasteiger partial charge in [-0.2, -0.15) is 0 Å². The first-order valence-corrected chi connectivity index (χ1v) is 8.08. The molecule has 3 rings (SSSR count). The van der Waals surface area contributed by atoms with Crippen molar-refractivity contribution in [3.05, 3.63) is 41.5 Å². The Morgan fingerprint density at radius 3 is 2.74 bits per heavy atom. The second-order valence-electron chi connectivity index (χ2n) is 6.01. The van der Waals surface area contributed by atoms with Crippen LogP contribution < -0.4 is 4.74 Å². The van der Waals surface area contributed by atoms with Gasteiger partial charge in [-0.1, -0.05) is 18.2 Å². The third-order valence-corrected chi connectivity index (χ3v) is 4.22. The van der Waals surface area contributed by atoms with E-state index in [2.05, 4.69) is 25.7 Å². The lowest BCUT2D eigenvalue weighted by Crippen LogP contribution is -2.28. The summed E-state index contributed by atoms with van der Waals surface area (Å²) in [5, 5.41) is 18.0. The minimum Gasteiger partial charge on any atom is -0.496 e. The van der Waals surface area contributed by atoms with Crippen LogP contribution in [0.15, 0.2) is 24.3 Å². The number of aliphatic hydroxyl groups excluding tert-OH is 1. The lowest BCUT2D eigenvalue weighted by molar-refractivity contribution is 0.178. The van der Waals surface area contributed by atoms with Crippen molar-refractivity contribution in [3.8, 4) is 5.75 Å². The van der Waals surface area contributed by atoms with Crippen LogP contribution in [0, 0.1) is 6.92 Å². The van der Waals surface area contributed by atoms with Gasteiger partial charge in [0.25, 0.3) is 0 Å². The maximum atomic E-state index is 9.40. The van der Waals surface area contributed by atoms with Crippen LogP contribution in [0.3, 0.4) is 0 Å². The Bertz CT molecular complexity index is 652. The Morgan fingerprint density at radius 2 is 2.04 bits per heavy atom. The topological polar surface area (TPSA) is 63.4 Å². The minimum absolute atomic E-state index is 0.117. The molecule has 23 heavy (non-hydrogen) atoms. The Kier molecular flexibility index (Phi) is 4.93. The van der Waals surface area contributed by atoms with E-state index in [0.717, 1.165) is 23.0 Å². The number of rotatable bonds is 8. The van der Waals surface area contributed by atoms with Crippen molar-refractivity contribution in [2.75, 3.05) is 20.3 Å². The fourth-order valence-electron chi connectivity index (χ4n) is 2.96. The predicted molar refractivity (Wildman–Crippen MR) is 87.2 cm³/mol. The molecule has 1 aromatic heterocycles. The standard InChI is InChI=1S/C17H24N4O2/c1-13-18-19-17(21(13)15-7-8-15)12-20(9-10-22)11-14-5-3-4-6-16(14)23-2/h3-6,15,22H,7-12H2,1-2H3. The fraction of sp³-hybridized carbons (Fsp3) is 0.529. The molecular weight excluding hydrogens is 292 g/mol. The lowest BCUT2D eigenvalue weighted by atomic mass is 10.2. The van der Waals surface area contributed by atoms with Crippen LogP contribution in [0.25, 0.3) is 0 Å². The number of hydrogen-bond acceptors (Lipinski definition) is 5. The number of aliphatic hydroxyl groups is 1. The monoisotopic (exact) mass is 316 g/mol. The Hall–Kier alpha value is -1.92. The van der Waals surface area contributed by atoms with Crippen molar-refractivity contribution in [2.24, 2.45) is 0 Å². The highest BCUT2D eigenvalue weighted by Gasteiger charge is 2.28. The zero-order valence-electron chi connectivity index (χ0n) is 13.8. The average Bonchev–Trinajstić information content (AvgIpc) is 3.32. The van der Waals surface area contributed by atoms with Gasteiger partial charge in [0.1, 0.15) is 17.4 Å². The van der Waals surface area contributed by atoms with E-state index in [9.17, 15) is 5.11 Å². The van der Waals surface area contributed by atoms with Crippen molar-refractivity contribution in [1.29, 1.82) is 0 Å². The van der Waals surface area contributed by atoms with E-state index in [1.165, 1.54) is 12.8 Å². The third-order valence-electron chi connectivity index (χ3n) is 4.22. The number of benzene rings is 1. The quantitative estimate of drug-likeness (QED) is 0.806. The van der Waals surface area contributed by atoms with Gasteiger partial charge < -0.3 is 14.4 Å². The van der Waals surface area contributed by atoms with Crippen molar-refractivity contribution < 1.29 is 9.84 Å². The van der Waals surface area contributed by atoms with Crippen LogP contribution in [0.1, 0.15) is 36.1 Å². The zero-order chi connectivity index (χ0) is 16.2. The van der Waals surface area contributed by atoms with Crippen LogP contribution in [0.5, 0.6) is 5.75 Å². The molecule has 0 amide bonds. The molecule has 1 fully saturated rings. The molecule has 0 unspecified atom stereocenters. The molecule has 1 heterocycles. The smallest absolute Gasteiger partial charge is 0.147 e. The molecule has 6 nitrogen and oxygen atoms in total. The summed E-state index contributed by atoms with van der Waals surface area (Å²) in [6, 6.07) is 8.54. The first-order chi connectivity index (χ1) is 11.2. The number of para-hydroxylation sites is 1. The Morgan fingerprint density at radius 1 is 1.26 bits per heavy atom. The van der Waals surface area contributed by atoms with Gasteiger partial charge in [0.15, 0.2) is 0 Å². The van der Waals surface area contributed by atoms with Gasteiger partial charge in [-0.15, -0.1) is 10.2 Å². The highest BCUT2D eigenvalue weighted by atomic mass is 16.5. The van der Waals surface area contributed by atoms with Crippen LogP contribution in [0.2, 0.25) is 0 Å². The summed E-state index contributed by atoms with van der Waals surface area (Å²) in [5.74, 6) is 2.83. The molecule has 1 aromatic carbocycles. The molecule has 0 atom stereocenters. The molecule has 1 saturated carbocycles. The molecule has 0 bridgehead atoms. The van der Waals surface area contributed by atoms with E-state index in [-0.39, 0.29) is 6.61 Å². The third kappa shape index (κ3) is 3.71. The molecule has 0 spiro atoms. The molecule has 1 N–H and O–H groups in total. The number of aryl methyl sites for hydroxylation is 1. The van der Waals surface area contributed by atoms with Crippen LogP contribution in [-0.4, -0.2) is 45.0 Å². The van der Waals surface area contributed by atoms with E-state index < -0.39 is 0 Å². The van der Waals surface area contributed by atoms with Gasteiger partial charge in [0.05, 0.1) is 20.3 Å². The highest BCUT2D eigenvalue weighted by molar-refractivity contribution is 5.33. The van der Waals surface area contributed by atoms with Gasteiger partial charge in [-0.25, -0.2) is 0 Å². The molecule has 124 valence electrons. The van der Waals surface area contributed by atoms with E-state index in [1.807, 2.05) is 25.1 Å². The summed E-state index contributed by atoms with van der Waals surface area (Å²) in [4.78, 5) is 2.18. The largest absolute Gasteiger partial charge is 0.496 e. The SMILES string of the molecule is COc1ccccc1CN(CCO)Cc1nnc(C)n1C1CC1. The van der Waals surface area contributed by atoms with Crippen molar-refractivity contribution >= 4 is 0 Å². The predicted octanol–water partition coefficient (Wildman–Crippen LogP) is 1.92. The number of methoxy groups -OCH3 is 1. The van der Waals surface area contributed by atoms with Crippen molar-refractivity contribution in [3.63, 3.8) is 0 Å². The van der Waals surface area contributed by atoms with Crippen LogP contribution in [0.4, 0.5) is 0 Å². The van der Waals surface area contributed by atoms with Gasteiger partial charge in [-0.3, -0.25) is 4.90 Å². The molecule has 1 aliphatic carbocycles. The number of nitrogens with zero attached hydrogens (tertiary/aromatic N) is 4. The summed E-state index contributed by atoms with van der Waals surface area (Å²) in [6.45, 7) is 4.10. The lowest BCUT2D eigenvalue weighted by Gasteiger charge is -2.22. The van der Waals surface area contributed by atoms with Gasteiger partial charge in [0, 0.05) is 24.7 Å². The molecule has 2 aromatic rings. The maximum absolute atomic E-state index is 9.40. The summed E-state index contributed by atoms with van der Waals surface area (Å²) in [5.41, 5.74) is 1.11. The van der Waals surface area contributed by atoms with E-state index >= 15 is 0 Å². The number of hydrogen-bond donors (Lipinski definition) is 1. The molecular formula is C17H24N4O2. The normalized spacial score (nSPS) is 14.4. The van der Waals surface area contributed by atoms with Gasteiger partial charge in [-0.05, 0) is 25.8 Å². The second kappa shape index (κ2) is 7.10. The van der Waals surface area contributed by atoms with E-state index in [1.54, 1.807) is 7.11 Å². The number of ether oxygens (including phenoxy) is 1. The Balaban J connectivity index is 1.77. The van der Waals surface area contributed by atoms with Gasteiger partial charge in [0.2, 0.25) is 0 Å². The summed E-state index contributed by atoms with van der Waals surface area (Å²) in [6.07, 6.45) is 2.41. The zero-order valence-corrected chi connectivity index (χ0v) is 13.8. The summed E-state index contributed by atoms with van der Waals surface area (Å²) < 4.78 is 7.67. The minimum atomic E-state index is 0.117. The highest BCUT2D eigenvalue weighted by Crippen LogP contribution is 2.36. The summed E-state index contributed by atoms with van der Waals surface area (Å²) >= 11 is 0. The fourth-order valence-corrected chi connectivity index (χ4v) is 2.96. The van der Waals surface area contributed by atoms with Crippen LogP contribution >= 0.6 is 0 Å². The average molecular weight is 316 g/mol. The van der Waals surface area contributed by atoms with E-state index in [4.69, 9.17) is 4.74 Å². The second-order valence-corrected chi connectivity index (χ2v) is 6.01. The van der Waals surface area contributed by atoms with Crippen molar-refractivity contribution in [1.82, 2.24) is 19.7 Å². The molecule has 0 radical (unpaired) electrons. The summed E-state index contributed by atoms with van der Waals surface area (Å²) in [7, 11) is 1.68. The molecule has 1 aliphatic rings.